The summed E-state index contributed by atoms with van der Waals surface area (Å²) in [4.78, 5) is 0. The second-order valence-electron chi connectivity index (χ2n) is 3.21. The Hall–Kier alpha value is -0.720. The van der Waals surface area contributed by atoms with E-state index >= 15 is 0 Å². The van der Waals surface area contributed by atoms with Gasteiger partial charge in [0.15, 0.2) is 0 Å². The van der Waals surface area contributed by atoms with Crippen molar-refractivity contribution < 1.29 is 9.47 Å². The zero-order valence-corrected chi connectivity index (χ0v) is 8.63. The zero-order valence-electron chi connectivity index (χ0n) is 7.81. The molecule has 1 aliphatic rings. The molecule has 6 heteroatoms. The van der Waals surface area contributed by atoms with Gasteiger partial charge in [0.2, 0.25) is 0 Å². The lowest BCUT2D eigenvalue weighted by Gasteiger charge is -2.05. The zero-order chi connectivity index (χ0) is 9.80. The molecular formula is C8H13N3O2S. The van der Waals surface area contributed by atoms with Gasteiger partial charge in [-0.2, -0.15) is 0 Å². The third kappa shape index (κ3) is 2.40. The Balaban J connectivity index is 1.79. The second-order valence-corrected chi connectivity index (χ2v) is 4.23. The van der Waals surface area contributed by atoms with E-state index in [2.05, 4.69) is 10.2 Å². The van der Waals surface area contributed by atoms with E-state index < -0.39 is 0 Å². The summed E-state index contributed by atoms with van der Waals surface area (Å²) in [6.07, 6.45) is 1.07. The molecule has 1 aliphatic heterocycles. The molecule has 2 rings (SSSR count). The van der Waals surface area contributed by atoms with Gasteiger partial charge < -0.3 is 15.2 Å². The van der Waals surface area contributed by atoms with Gasteiger partial charge in [-0.05, 0) is 6.42 Å². The topological polar surface area (TPSA) is 70.3 Å². The van der Waals surface area contributed by atoms with Crippen molar-refractivity contribution in [3.63, 3.8) is 0 Å². The van der Waals surface area contributed by atoms with Crippen LogP contribution in [0.25, 0.3) is 0 Å². The lowest BCUT2D eigenvalue weighted by molar-refractivity contribution is 0.166. The minimum atomic E-state index is 0.424. The normalized spacial score (nSPS) is 21.4. The van der Waals surface area contributed by atoms with Crippen molar-refractivity contribution in [3.8, 4) is 5.19 Å². The van der Waals surface area contributed by atoms with E-state index in [0.29, 0.717) is 24.3 Å². The van der Waals surface area contributed by atoms with Gasteiger partial charge in [-0.15, -0.1) is 10.2 Å². The van der Waals surface area contributed by atoms with Crippen LogP contribution in [0.2, 0.25) is 0 Å². The fourth-order valence-electron chi connectivity index (χ4n) is 1.28. The van der Waals surface area contributed by atoms with Crippen LogP contribution in [0.1, 0.15) is 11.4 Å². The molecule has 0 bridgehead atoms. The summed E-state index contributed by atoms with van der Waals surface area (Å²) in [5.41, 5.74) is 5.41. The Morgan fingerprint density at radius 3 is 3.14 bits per heavy atom. The van der Waals surface area contributed by atoms with Crippen LogP contribution in [0.3, 0.4) is 0 Å². The van der Waals surface area contributed by atoms with Gasteiger partial charge in [-0.3, -0.25) is 0 Å². The largest absolute Gasteiger partial charge is 0.469 e. The van der Waals surface area contributed by atoms with Crippen molar-refractivity contribution >= 4 is 11.3 Å². The van der Waals surface area contributed by atoms with Crippen molar-refractivity contribution in [3.05, 3.63) is 5.01 Å². The maximum Gasteiger partial charge on any atom is 0.294 e. The van der Waals surface area contributed by atoms with E-state index in [4.69, 9.17) is 15.2 Å². The Kier molecular flexibility index (Phi) is 3.28. The smallest absolute Gasteiger partial charge is 0.294 e. The van der Waals surface area contributed by atoms with Gasteiger partial charge in [-0.25, -0.2) is 0 Å². The van der Waals surface area contributed by atoms with Crippen LogP contribution in [0.4, 0.5) is 0 Å². The summed E-state index contributed by atoms with van der Waals surface area (Å²) in [5, 5.41) is 9.16. The van der Waals surface area contributed by atoms with Crippen LogP contribution < -0.4 is 10.5 Å². The van der Waals surface area contributed by atoms with E-state index in [1.165, 1.54) is 11.3 Å². The second kappa shape index (κ2) is 4.68. The molecule has 0 saturated carbocycles. The van der Waals surface area contributed by atoms with Crippen molar-refractivity contribution in [1.82, 2.24) is 10.2 Å². The third-order valence-corrected chi connectivity index (χ3v) is 2.95. The molecule has 1 saturated heterocycles. The van der Waals surface area contributed by atoms with Crippen molar-refractivity contribution in [2.45, 2.75) is 13.0 Å². The average Bonchev–Trinajstić information content (AvgIpc) is 2.86. The average molecular weight is 215 g/mol. The first kappa shape index (κ1) is 9.82. The van der Waals surface area contributed by atoms with Crippen LogP contribution in [-0.2, 0) is 11.3 Å². The number of nitrogens with two attached hydrogens (primary N) is 1. The van der Waals surface area contributed by atoms with Gasteiger partial charge in [0.1, 0.15) is 5.01 Å². The summed E-state index contributed by atoms with van der Waals surface area (Å²) in [6.45, 7) is 2.73. The molecule has 5 nitrogen and oxygen atoms in total. The van der Waals surface area contributed by atoms with Gasteiger partial charge in [0, 0.05) is 19.1 Å². The molecule has 0 amide bonds. The van der Waals surface area contributed by atoms with E-state index in [0.717, 1.165) is 24.6 Å². The monoisotopic (exact) mass is 215 g/mol. The molecule has 14 heavy (non-hydrogen) atoms. The van der Waals surface area contributed by atoms with Crippen LogP contribution >= 0.6 is 11.3 Å². The summed E-state index contributed by atoms with van der Waals surface area (Å²) < 4.78 is 10.7. The van der Waals surface area contributed by atoms with E-state index in [9.17, 15) is 0 Å². The van der Waals surface area contributed by atoms with Crippen LogP contribution in [0.5, 0.6) is 5.19 Å². The molecule has 2 N–H and O–H groups in total. The summed E-state index contributed by atoms with van der Waals surface area (Å²) in [5.74, 6) is 0.500. The number of aromatic nitrogens is 2. The van der Waals surface area contributed by atoms with Crippen molar-refractivity contribution in [2.24, 2.45) is 11.7 Å². The molecule has 1 atom stereocenters. The SMILES string of the molecule is NCc1nnc(OCC2CCOC2)s1. The Labute approximate surface area is 86.2 Å². The molecule has 2 heterocycles. The summed E-state index contributed by atoms with van der Waals surface area (Å²) in [7, 11) is 0. The molecule has 1 aromatic rings. The lowest BCUT2D eigenvalue weighted by atomic mass is 10.1. The molecule has 78 valence electrons. The number of hydrogen-bond acceptors (Lipinski definition) is 6. The van der Waals surface area contributed by atoms with Crippen LogP contribution in [0, 0.1) is 5.92 Å². The van der Waals surface area contributed by atoms with Crippen molar-refractivity contribution in [2.75, 3.05) is 19.8 Å². The standard InChI is InChI=1S/C8H13N3O2S/c9-3-7-10-11-8(14-7)13-5-6-1-2-12-4-6/h6H,1-5,9H2. The maximum atomic E-state index is 5.48. The highest BCUT2D eigenvalue weighted by Crippen LogP contribution is 2.19. The van der Waals surface area contributed by atoms with Crippen LogP contribution in [0.15, 0.2) is 0 Å². The third-order valence-electron chi connectivity index (χ3n) is 2.09. The highest BCUT2D eigenvalue weighted by atomic mass is 32.1. The summed E-state index contributed by atoms with van der Waals surface area (Å²) >= 11 is 1.41. The number of rotatable bonds is 4. The molecule has 0 radical (unpaired) electrons. The quantitative estimate of drug-likeness (QED) is 0.787. The highest BCUT2D eigenvalue weighted by molar-refractivity contribution is 7.13. The van der Waals surface area contributed by atoms with Crippen LogP contribution in [-0.4, -0.2) is 30.0 Å². The highest BCUT2D eigenvalue weighted by Gasteiger charge is 2.17. The minimum absolute atomic E-state index is 0.424. The van der Waals surface area contributed by atoms with Gasteiger partial charge in [0.05, 0.1) is 13.2 Å². The Bertz CT molecular complexity index is 286. The molecule has 1 aromatic heterocycles. The van der Waals surface area contributed by atoms with Gasteiger partial charge in [0.25, 0.3) is 5.19 Å². The fourth-order valence-corrected chi connectivity index (χ4v) is 1.86. The molecule has 1 fully saturated rings. The first-order chi connectivity index (χ1) is 6.88. The molecule has 0 aromatic carbocycles. The van der Waals surface area contributed by atoms with Crippen molar-refractivity contribution in [1.29, 1.82) is 0 Å². The molecule has 1 unspecified atom stereocenters. The lowest BCUT2D eigenvalue weighted by Crippen LogP contribution is -2.11. The number of nitrogens with zero attached hydrogens (tertiary/aromatic N) is 2. The Morgan fingerprint density at radius 2 is 2.50 bits per heavy atom. The molecular weight excluding hydrogens is 202 g/mol. The predicted octanol–water partition coefficient (Wildman–Crippen LogP) is 0.412. The number of hydrogen-bond donors (Lipinski definition) is 1. The molecule has 0 spiro atoms. The predicted molar refractivity (Wildman–Crippen MR) is 52.2 cm³/mol. The first-order valence-corrected chi connectivity index (χ1v) is 5.43. The van der Waals surface area contributed by atoms with Gasteiger partial charge in [-0.1, -0.05) is 11.3 Å². The van der Waals surface area contributed by atoms with E-state index in [-0.39, 0.29) is 0 Å². The summed E-state index contributed by atoms with van der Waals surface area (Å²) in [6, 6.07) is 0. The first-order valence-electron chi connectivity index (χ1n) is 4.61. The maximum absolute atomic E-state index is 5.48. The van der Waals surface area contributed by atoms with E-state index in [1.54, 1.807) is 0 Å². The van der Waals surface area contributed by atoms with Gasteiger partial charge >= 0.3 is 0 Å². The number of ether oxygens (including phenoxy) is 2. The molecule has 0 aliphatic carbocycles. The Morgan fingerprint density at radius 1 is 1.57 bits per heavy atom. The fraction of sp³-hybridized carbons (Fsp3) is 0.750. The van der Waals surface area contributed by atoms with E-state index in [1.807, 2.05) is 0 Å². The minimum Gasteiger partial charge on any atom is -0.469 e.